The number of ether oxygens (including phenoxy) is 1. The van der Waals surface area contributed by atoms with Gasteiger partial charge in [0, 0.05) is 23.4 Å². The van der Waals surface area contributed by atoms with Crippen LogP contribution in [-0.4, -0.2) is 24.5 Å². The molecule has 2 aromatic carbocycles. The van der Waals surface area contributed by atoms with Gasteiger partial charge in [-0.1, -0.05) is 12.1 Å². The summed E-state index contributed by atoms with van der Waals surface area (Å²) in [6, 6.07) is 13.7. The first kappa shape index (κ1) is 18.3. The zero-order chi connectivity index (χ0) is 18.2. The average molecular weight is 338 g/mol. The van der Waals surface area contributed by atoms with E-state index in [2.05, 4.69) is 17.2 Å². The maximum atomic E-state index is 12.4. The molecule has 2 rings (SSSR count). The van der Waals surface area contributed by atoms with Gasteiger partial charge in [-0.2, -0.15) is 0 Å². The Morgan fingerprint density at radius 2 is 1.72 bits per heavy atom. The quantitative estimate of drug-likeness (QED) is 0.757. The van der Waals surface area contributed by atoms with Gasteiger partial charge in [0.1, 0.15) is 5.75 Å². The van der Waals surface area contributed by atoms with Gasteiger partial charge in [-0.15, -0.1) is 6.58 Å². The first-order chi connectivity index (χ1) is 12.0. The lowest BCUT2D eigenvalue weighted by Crippen LogP contribution is -2.23. The summed E-state index contributed by atoms with van der Waals surface area (Å²) >= 11 is 0. The number of amides is 2. The van der Waals surface area contributed by atoms with E-state index in [1.807, 2.05) is 13.8 Å². The van der Waals surface area contributed by atoms with Crippen LogP contribution in [0.2, 0.25) is 0 Å². The van der Waals surface area contributed by atoms with Crippen molar-refractivity contribution in [2.45, 2.75) is 20.0 Å². The lowest BCUT2D eigenvalue weighted by atomic mass is 10.1. The van der Waals surface area contributed by atoms with Crippen molar-refractivity contribution in [3.05, 3.63) is 72.3 Å². The predicted octanol–water partition coefficient (Wildman–Crippen LogP) is 3.64. The van der Waals surface area contributed by atoms with Gasteiger partial charge in [-0.05, 0) is 56.3 Å². The Morgan fingerprint density at radius 1 is 1.08 bits per heavy atom. The normalized spacial score (nSPS) is 10.2. The van der Waals surface area contributed by atoms with Crippen LogP contribution in [-0.2, 0) is 0 Å². The molecule has 0 saturated heterocycles. The standard InChI is InChI=1S/C20H22N2O3/c1-4-12-21-19(23)15-6-5-7-16(13-15)20(24)22-17-8-10-18(11-9-17)25-14(2)3/h4-11,13-14H,1,12H2,2-3H3,(H,21,23)(H,22,24). The van der Waals surface area contributed by atoms with Gasteiger partial charge < -0.3 is 15.4 Å². The van der Waals surface area contributed by atoms with Crippen molar-refractivity contribution in [2.75, 3.05) is 11.9 Å². The van der Waals surface area contributed by atoms with Crippen molar-refractivity contribution in [1.29, 1.82) is 0 Å². The molecule has 2 amide bonds. The third-order valence-corrected chi connectivity index (χ3v) is 3.28. The molecule has 25 heavy (non-hydrogen) atoms. The zero-order valence-corrected chi connectivity index (χ0v) is 14.4. The van der Waals surface area contributed by atoms with Crippen LogP contribution < -0.4 is 15.4 Å². The fourth-order valence-electron chi connectivity index (χ4n) is 2.16. The van der Waals surface area contributed by atoms with E-state index in [4.69, 9.17) is 4.74 Å². The molecule has 2 aromatic rings. The largest absolute Gasteiger partial charge is 0.491 e. The molecule has 0 fully saturated rings. The first-order valence-corrected chi connectivity index (χ1v) is 8.07. The molecule has 0 aliphatic rings. The topological polar surface area (TPSA) is 67.4 Å². The number of anilines is 1. The molecule has 0 aliphatic heterocycles. The second kappa shape index (κ2) is 8.68. The van der Waals surface area contributed by atoms with E-state index in [0.29, 0.717) is 23.4 Å². The van der Waals surface area contributed by atoms with Crippen LogP contribution in [0, 0.1) is 0 Å². The van der Waals surface area contributed by atoms with E-state index in [0.717, 1.165) is 5.75 Å². The van der Waals surface area contributed by atoms with Gasteiger partial charge in [0.2, 0.25) is 0 Å². The Morgan fingerprint density at radius 3 is 2.32 bits per heavy atom. The second-order valence-electron chi connectivity index (χ2n) is 5.72. The number of carbonyl (C=O) groups excluding carboxylic acids is 2. The summed E-state index contributed by atoms with van der Waals surface area (Å²) in [6.07, 6.45) is 1.69. The summed E-state index contributed by atoms with van der Waals surface area (Å²) in [4.78, 5) is 24.3. The zero-order valence-electron chi connectivity index (χ0n) is 14.4. The maximum Gasteiger partial charge on any atom is 0.255 e. The lowest BCUT2D eigenvalue weighted by Gasteiger charge is -2.11. The Labute approximate surface area is 147 Å². The molecule has 2 N–H and O–H groups in total. The number of hydrogen-bond acceptors (Lipinski definition) is 3. The Bertz CT molecular complexity index is 752. The molecule has 0 heterocycles. The molecule has 0 radical (unpaired) electrons. The number of rotatable bonds is 7. The minimum absolute atomic E-state index is 0.0930. The van der Waals surface area contributed by atoms with E-state index in [1.165, 1.54) is 0 Å². The summed E-state index contributed by atoms with van der Waals surface area (Å²) in [6.45, 7) is 7.83. The number of nitrogens with one attached hydrogen (secondary N) is 2. The highest BCUT2D eigenvalue weighted by molar-refractivity contribution is 6.06. The highest BCUT2D eigenvalue weighted by Crippen LogP contribution is 2.18. The van der Waals surface area contributed by atoms with Crippen LogP contribution in [0.3, 0.4) is 0 Å². The summed E-state index contributed by atoms with van der Waals surface area (Å²) in [5, 5.41) is 5.49. The predicted molar refractivity (Wildman–Crippen MR) is 99.1 cm³/mol. The monoisotopic (exact) mass is 338 g/mol. The average Bonchev–Trinajstić information content (AvgIpc) is 2.61. The van der Waals surface area contributed by atoms with Crippen LogP contribution in [0.25, 0.3) is 0 Å². The van der Waals surface area contributed by atoms with E-state index in [-0.39, 0.29) is 17.9 Å². The third kappa shape index (κ3) is 5.49. The molecule has 5 heteroatoms. The number of benzene rings is 2. The van der Waals surface area contributed by atoms with Crippen molar-refractivity contribution < 1.29 is 14.3 Å². The van der Waals surface area contributed by atoms with Crippen molar-refractivity contribution in [1.82, 2.24) is 5.32 Å². The van der Waals surface area contributed by atoms with Crippen LogP contribution in [0.1, 0.15) is 34.6 Å². The Balaban J connectivity index is 2.05. The van der Waals surface area contributed by atoms with E-state index in [1.54, 1.807) is 54.6 Å². The maximum absolute atomic E-state index is 12.4. The molecular formula is C20H22N2O3. The fourth-order valence-corrected chi connectivity index (χ4v) is 2.16. The number of hydrogen-bond donors (Lipinski definition) is 2. The van der Waals surface area contributed by atoms with Crippen LogP contribution in [0.4, 0.5) is 5.69 Å². The molecule has 0 saturated carbocycles. The summed E-state index contributed by atoms with van der Waals surface area (Å²) in [5.41, 5.74) is 1.49. The summed E-state index contributed by atoms with van der Waals surface area (Å²) in [5.74, 6) is 0.217. The van der Waals surface area contributed by atoms with Crippen molar-refractivity contribution in [2.24, 2.45) is 0 Å². The molecule has 0 bridgehead atoms. The number of carbonyl (C=O) groups is 2. The Hall–Kier alpha value is -3.08. The molecular weight excluding hydrogens is 316 g/mol. The van der Waals surface area contributed by atoms with E-state index >= 15 is 0 Å². The molecule has 0 aliphatic carbocycles. The second-order valence-corrected chi connectivity index (χ2v) is 5.72. The van der Waals surface area contributed by atoms with Gasteiger partial charge in [-0.3, -0.25) is 9.59 Å². The van der Waals surface area contributed by atoms with Gasteiger partial charge in [0.15, 0.2) is 0 Å². The smallest absolute Gasteiger partial charge is 0.255 e. The van der Waals surface area contributed by atoms with Gasteiger partial charge in [0.25, 0.3) is 11.8 Å². The van der Waals surface area contributed by atoms with Crippen LogP contribution in [0.5, 0.6) is 5.75 Å². The van der Waals surface area contributed by atoms with Crippen molar-refractivity contribution in [3.8, 4) is 5.75 Å². The SMILES string of the molecule is C=CCNC(=O)c1cccc(C(=O)Nc2ccc(OC(C)C)cc2)c1. The summed E-state index contributed by atoms with van der Waals surface area (Å²) < 4.78 is 5.57. The van der Waals surface area contributed by atoms with E-state index < -0.39 is 0 Å². The molecule has 0 aromatic heterocycles. The third-order valence-electron chi connectivity index (χ3n) is 3.28. The summed E-state index contributed by atoms with van der Waals surface area (Å²) in [7, 11) is 0. The van der Waals surface area contributed by atoms with Gasteiger partial charge in [-0.25, -0.2) is 0 Å². The van der Waals surface area contributed by atoms with E-state index in [9.17, 15) is 9.59 Å². The van der Waals surface area contributed by atoms with Gasteiger partial charge in [0.05, 0.1) is 6.10 Å². The highest BCUT2D eigenvalue weighted by atomic mass is 16.5. The fraction of sp³-hybridized carbons (Fsp3) is 0.200. The Kier molecular flexibility index (Phi) is 6.34. The van der Waals surface area contributed by atoms with Crippen molar-refractivity contribution in [3.63, 3.8) is 0 Å². The minimum Gasteiger partial charge on any atom is -0.491 e. The van der Waals surface area contributed by atoms with Crippen molar-refractivity contribution >= 4 is 17.5 Å². The molecule has 130 valence electrons. The lowest BCUT2D eigenvalue weighted by molar-refractivity contribution is 0.0958. The first-order valence-electron chi connectivity index (χ1n) is 8.07. The highest BCUT2D eigenvalue weighted by Gasteiger charge is 2.10. The molecule has 5 nitrogen and oxygen atoms in total. The van der Waals surface area contributed by atoms with Crippen LogP contribution >= 0.6 is 0 Å². The van der Waals surface area contributed by atoms with Crippen LogP contribution in [0.15, 0.2) is 61.2 Å². The molecule has 0 atom stereocenters. The molecule has 0 spiro atoms. The van der Waals surface area contributed by atoms with Gasteiger partial charge >= 0.3 is 0 Å². The minimum atomic E-state index is -0.282. The molecule has 0 unspecified atom stereocenters.